The maximum Gasteiger partial charge on any atom is 0.411 e. The van der Waals surface area contributed by atoms with E-state index in [2.05, 4.69) is 24.5 Å². The molecule has 0 aliphatic heterocycles. The van der Waals surface area contributed by atoms with Crippen molar-refractivity contribution >= 4 is 34.4 Å². The second-order valence-corrected chi connectivity index (χ2v) is 14.1. The molecule has 4 fully saturated rings. The quantitative estimate of drug-likeness (QED) is 0.352. The average Bonchev–Trinajstić information content (AvgIpc) is 3.32. The number of benzene rings is 1. The number of ether oxygens (including phenoxy) is 2. The highest BCUT2D eigenvalue weighted by Gasteiger charge is 2.60. The van der Waals surface area contributed by atoms with Gasteiger partial charge in [0.25, 0.3) is 0 Å². The summed E-state index contributed by atoms with van der Waals surface area (Å²) in [7, 11) is 0. The summed E-state index contributed by atoms with van der Waals surface area (Å²) in [4.78, 5) is 49.0. The van der Waals surface area contributed by atoms with Crippen LogP contribution in [-0.2, 0) is 25.5 Å². The van der Waals surface area contributed by atoms with Crippen molar-refractivity contribution in [2.75, 3.05) is 25.1 Å². The summed E-state index contributed by atoms with van der Waals surface area (Å²) in [5.41, 5.74) is 1.47. The van der Waals surface area contributed by atoms with Gasteiger partial charge >= 0.3 is 11.7 Å². The molecule has 238 valence electrons. The first-order valence-electron chi connectivity index (χ1n) is 16.5. The van der Waals surface area contributed by atoms with E-state index in [-0.39, 0.29) is 30.6 Å². The van der Waals surface area contributed by atoms with E-state index in [0.717, 1.165) is 49.5 Å². The van der Waals surface area contributed by atoms with E-state index >= 15 is 0 Å². The molecule has 0 bridgehead atoms. The third-order valence-corrected chi connectivity index (χ3v) is 11.9. The Morgan fingerprint density at radius 1 is 1.00 bits per heavy atom. The molecule has 6 rings (SSSR count). The summed E-state index contributed by atoms with van der Waals surface area (Å²) in [6.45, 7) is 7.23. The van der Waals surface area contributed by atoms with Crippen molar-refractivity contribution in [3.63, 3.8) is 0 Å². The van der Waals surface area contributed by atoms with E-state index in [1.54, 1.807) is 25.1 Å². The Balaban J connectivity index is 1.02. The van der Waals surface area contributed by atoms with Crippen LogP contribution >= 0.6 is 0 Å². The van der Waals surface area contributed by atoms with Crippen molar-refractivity contribution in [1.82, 2.24) is 5.32 Å². The number of Topliss-reactive ketones (excluding diaryl/α,β-unsaturated/α-hetero) is 1. The third-order valence-electron chi connectivity index (χ3n) is 11.9. The van der Waals surface area contributed by atoms with Gasteiger partial charge in [-0.05, 0) is 110 Å². The van der Waals surface area contributed by atoms with E-state index in [9.17, 15) is 19.2 Å². The molecule has 1 aromatic carbocycles. The zero-order chi connectivity index (χ0) is 31.1. The van der Waals surface area contributed by atoms with Crippen LogP contribution in [0.15, 0.2) is 33.5 Å². The fourth-order valence-electron chi connectivity index (χ4n) is 9.63. The number of hydrogen-bond donors (Lipinski definition) is 2. The van der Waals surface area contributed by atoms with Crippen molar-refractivity contribution in [3.05, 3.63) is 40.2 Å². The molecular formula is C35H46N2O7. The Morgan fingerprint density at radius 3 is 2.64 bits per heavy atom. The number of rotatable bonds is 8. The highest BCUT2D eigenvalue weighted by atomic mass is 16.5. The average molecular weight is 607 g/mol. The minimum Gasteiger partial charge on any atom is -0.450 e. The molecule has 0 unspecified atom stereocenters. The van der Waals surface area contributed by atoms with Crippen molar-refractivity contribution < 1.29 is 28.3 Å². The van der Waals surface area contributed by atoms with E-state index in [0.29, 0.717) is 59.1 Å². The van der Waals surface area contributed by atoms with Crippen molar-refractivity contribution in [2.45, 2.75) is 91.1 Å². The Hall–Kier alpha value is -3.20. The van der Waals surface area contributed by atoms with Gasteiger partial charge in [0.15, 0.2) is 0 Å². The van der Waals surface area contributed by atoms with Crippen molar-refractivity contribution in [1.29, 1.82) is 0 Å². The molecular weight excluding hydrogens is 560 g/mol. The summed E-state index contributed by atoms with van der Waals surface area (Å²) >= 11 is 0. The smallest absolute Gasteiger partial charge is 0.411 e. The number of hydrogen-bond acceptors (Lipinski definition) is 7. The molecule has 2 N–H and O–H groups in total. The molecule has 7 atom stereocenters. The van der Waals surface area contributed by atoms with Crippen molar-refractivity contribution in [3.8, 4) is 0 Å². The van der Waals surface area contributed by atoms with Crippen LogP contribution in [0.2, 0.25) is 0 Å². The number of fused-ring (bicyclic) bond motifs is 6. The van der Waals surface area contributed by atoms with Crippen LogP contribution in [0.1, 0.15) is 84.1 Å². The number of carbonyl (C=O) groups is 3. The zero-order valence-electron chi connectivity index (χ0n) is 26.2. The highest BCUT2D eigenvalue weighted by molar-refractivity contribution is 5.90. The second-order valence-electron chi connectivity index (χ2n) is 14.1. The lowest BCUT2D eigenvalue weighted by Gasteiger charge is -2.60. The van der Waals surface area contributed by atoms with E-state index in [1.165, 1.54) is 25.3 Å². The molecule has 0 spiro atoms. The van der Waals surface area contributed by atoms with Crippen LogP contribution < -0.4 is 16.3 Å². The fraction of sp³-hybridized carbons (Fsp3) is 0.657. The molecule has 1 aromatic heterocycles. The maximum atomic E-state index is 12.8. The van der Waals surface area contributed by atoms with Crippen LogP contribution in [0.3, 0.4) is 0 Å². The summed E-state index contributed by atoms with van der Waals surface area (Å²) in [6.07, 6.45) is 9.42. The Labute approximate surface area is 258 Å². The first kappa shape index (κ1) is 30.8. The van der Waals surface area contributed by atoms with Gasteiger partial charge in [-0.3, -0.25) is 14.9 Å². The predicted molar refractivity (Wildman–Crippen MR) is 166 cm³/mol. The number of anilines is 1. The topological polar surface area (TPSA) is 124 Å². The van der Waals surface area contributed by atoms with Crippen LogP contribution in [0.4, 0.5) is 10.5 Å². The lowest BCUT2D eigenvalue weighted by molar-refractivity contribution is -0.148. The molecule has 4 aliphatic rings. The molecule has 2 aromatic rings. The van der Waals surface area contributed by atoms with Crippen LogP contribution in [-0.4, -0.2) is 43.6 Å². The van der Waals surface area contributed by atoms with Gasteiger partial charge in [-0.15, -0.1) is 0 Å². The van der Waals surface area contributed by atoms with E-state index in [1.807, 2.05) is 0 Å². The maximum absolute atomic E-state index is 12.8. The SMILES string of the molecule is CCOC(=O)Nc1ccc2c(CCNC(=O)CO[C@H]3CC[C@H]4[C@@H]5CC[C@H]6CC(=O)CC[C@]6(C)[C@H]5CC[C@]34C)cc(=O)oc2c1. The Morgan fingerprint density at radius 2 is 1.82 bits per heavy atom. The van der Waals surface area contributed by atoms with Gasteiger partial charge in [0.1, 0.15) is 18.0 Å². The Bertz CT molecular complexity index is 1490. The summed E-state index contributed by atoms with van der Waals surface area (Å²) in [5, 5.41) is 6.32. The zero-order valence-corrected chi connectivity index (χ0v) is 26.2. The summed E-state index contributed by atoms with van der Waals surface area (Å²) < 4.78 is 16.6. The van der Waals surface area contributed by atoms with Crippen LogP contribution in [0.5, 0.6) is 0 Å². The molecule has 4 saturated carbocycles. The molecule has 0 saturated heterocycles. The minimum absolute atomic E-state index is 0.0313. The van der Waals surface area contributed by atoms with E-state index in [4.69, 9.17) is 13.9 Å². The second kappa shape index (κ2) is 12.3. The summed E-state index contributed by atoms with van der Waals surface area (Å²) in [6, 6.07) is 6.54. The first-order chi connectivity index (χ1) is 21.1. The number of amides is 2. The molecule has 2 amide bonds. The molecule has 9 heteroatoms. The largest absolute Gasteiger partial charge is 0.450 e. The standard InChI is InChI=1S/C35H46N2O7/c1-4-42-33(41)37-23-6-8-25-21(17-32(40)44-29(25)19-23)13-16-36-31(39)20-43-30-10-9-27-26-7-5-22-18-24(38)11-14-34(22,2)28(26)12-15-35(27,30)3/h6,8,17,19,22,26-28,30H,4-5,7,9-16,18,20H2,1-3H3,(H,36,39)(H,37,41)/t22-,26-,27-,28-,30-,34-,35-/m0/s1. The van der Waals surface area contributed by atoms with Gasteiger partial charge in [-0.1, -0.05) is 13.8 Å². The monoisotopic (exact) mass is 606 g/mol. The molecule has 1 heterocycles. The first-order valence-corrected chi connectivity index (χ1v) is 16.5. The number of ketones is 1. The fourth-order valence-corrected chi connectivity index (χ4v) is 9.63. The van der Waals surface area contributed by atoms with Gasteiger partial charge in [0, 0.05) is 42.6 Å². The van der Waals surface area contributed by atoms with Crippen LogP contribution in [0.25, 0.3) is 11.0 Å². The van der Waals surface area contributed by atoms with Crippen LogP contribution in [0, 0.1) is 34.5 Å². The van der Waals surface area contributed by atoms with E-state index < -0.39 is 11.7 Å². The molecule has 9 nitrogen and oxygen atoms in total. The van der Waals surface area contributed by atoms with Gasteiger partial charge in [-0.25, -0.2) is 9.59 Å². The minimum atomic E-state index is -0.579. The Kier molecular flexibility index (Phi) is 8.61. The third kappa shape index (κ3) is 5.80. The predicted octanol–water partition coefficient (Wildman–Crippen LogP) is 6.02. The summed E-state index contributed by atoms with van der Waals surface area (Å²) in [5.74, 6) is 2.88. The van der Waals surface area contributed by atoms with Gasteiger partial charge in [0.2, 0.25) is 5.91 Å². The number of carbonyl (C=O) groups excluding carboxylic acids is 3. The molecule has 4 aliphatic carbocycles. The lowest BCUT2D eigenvalue weighted by atomic mass is 9.45. The van der Waals surface area contributed by atoms with Crippen molar-refractivity contribution in [2.24, 2.45) is 34.5 Å². The lowest BCUT2D eigenvalue weighted by Crippen LogP contribution is -2.54. The van der Waals surface area contributed by atoms with Gasteiger partial charge in [-0.2, -0.15) is 0 Å². The molecule has 44 heavy (non-hydrogen) atoms. The number of nitrogens with one attached hydrogen (secondary N) is 2. The van der Waals surface area contributed by atoms with Gasteiger partial charge in [0.05, 0.1) is 12.7 Å². The van der Waals surface area contributed by atoms with Gasteiger partial charge < -0.3 is 19.2 Å². The normalized spacial score (nSPS) is 32.8. The molecule has 0 radical (unpaired) electrons. The highest BCUT2D eigenvalue weighted by Crippen LogP contribution is 2.66.